The van der Waals surface area contributed by atoms with E-state index in [1.165, 1.54) is 22.9 Å². The zero-order valence-corrected chi connectivity index (χ0v) is 18.8. The summed E-state index contributed by atoms with van der Waals surface area (Å²) in [4.78, 5) is 18.1. The van der Waals surface area contributed by atoms with Crippen molar-refractivity contribution in [1.29, 1.82) is 0 Å². The van der Waals surface area contributed by atoms with Crippen LogP contribution in [0.5, 0.6) is 0 Å². The summed E-state index contributed by atoms with van der Waals surface area (Å²) in [6, 6.07) is 23.4. The van der Waals surface area contributed by atoms with Crippen LogP contribution in [-0.2, 0) is 11.2 Å². The van der Waals surface area contributed by atoms with Crippen LogP contribution >= 0.6 is 23.4 Å². The van der Waals surface area contributed by atoms with E-state index in [4.69, 9.17) is 16.6 Å². The van der Waals surface area contributed by atoms with Crippen LogP contribution in [-0.4, -0.2) is 9.55 Å². The standard InChI is InChI=1S/C25H23ClN2OS/c1-25(2,3)18-14-12-17(13-15-18)16-30-24-27-21-10-6-4-8-19(21)23(29)28(24)22-11-7-5-9-20(22)26/h4-15H,16H2,1-3H3. The number of rotatable bonds is 4. The van der Waals surface area contributed by atoms with Gasteiger partial charge in [-0.1, -0.05) is 92.7 Å². The molecule has 1 heterocycles. The second-order valence-corrected chi connectivity index (χ2v) is 9.59. The number of nitrogens with zero attached hydrogens (tertiary/aromatic N) is 2. The van der Waals surface area contributed by atoms with Crippen molar-refractivity contribution in [3.05, 3.63) is 99.3 Å². The molecule has 0 spiro atoms. The van der Waals surface area contributed by atoms with Crippen LogP contribution in [0.25, 0.3) is 16.6 Å². The van der Waals surface area contributed by atoms with Crippen LogP contribution in [0.1, 0.15) is 31.9 Å². The third-order valence-electron chi connectivity index (χ3n) is 5.03. The highest BCUT2D eigenvalue weighted by Gasteiger charge is 2.16. The van der Waals surface area contributed by atoms with Crippen LogP contribution in [0.15, 0.2) is 82.7 Å². The third kappa shape index (κ3) is 4.16. The quantitative estimate of drug-likeness (QED) is 0.267. The van der Waals surface area contributed by atoms with Gasteiger partial charge in [0.1, 0.15) is 0 Å². The van der Waals surface area contributed by atoms with Crippen molar-refractivity contribution in [1.82, 2.24) is 9.55 Å². The first-order valence-corrected chi connectivity index (χ1v) is 11.2. The van der Waals surface area contributed by atoms with E-state index in [-0.39, 0.29) is 11.0 Å². The Balaban J connectivity index is 1.75. The Bertz CT molecular complexity index is 1260. The number of para-hydroxylation sites is 2. The zero-order valence-electron chi connectivity index (χ0n) is 17.2. The monoisotopic (exact) mass is 434 g/mol. The molecule has 4 aromatic rings. The minimum Gasteiger partial charge on any atom is -0.268 e. The van der Waals surface area contributed by atoms with Crippen LogP contribution in [0, 0.1) is 0 Å². The Labute approximate surface area is 185 Å². The molecule has 3 aromatic carbocycles. The maximum Gasteiger partial charge on any atom is 0.266 e. The van der Waals surface area contributed by atoms with Gasteiger partial charge >= 0.3 is 0 Å². The van der Waals surface area contributed by atoms with E-state index < -0.39 is 0 Å². The SMILES string of the molecule is CC(C)(C)c1ccc(CSc2nc3ccccc3c(=O)n2-c2ccccc2Cl)cc1. The highest BCUT2D eigenvalue weighted by Crippen LogP contribution is 2.29. The van der Waals surface area contributed by atoms with Gasteiger partial charge in [0.05, 0.1) is 21.6 Å². The fourth-order valence-corrected chi connectivity index (χ4v) is 4.49. The number of halogens is 1. The van der Waals surface area contributed by atoms with Crippen molar-refractivity contribution in [2.75, 3.05) is 0 Å². The summed E-state index contributed by atoms with van der Waals surface area (Å²) in [6.07, 6.45) is 0. The topological polar surface area (TPSA) is 34.9 Å². The molecule has 0 bridgehead atoms. The van der Waals surface area contributed by atoms with Gasteiger partial charge in [0.15, 0.2) is 5.16 Å². The Kier molecular flexibility index (Phi) is 5.72. The number of benzene rings is 3. The largest absolute Gasteiger partial charge is 0.268 e. The second kappa shape index (κ2) is 8.29. The van der Waals surface area contributed by atoms with Gasteiger partial charge in [0, 0.05) is 5.75 Å². The van der Waals surface area contributed by atoms with E-state index in [9.17, 15) is 4.79 Å². The molecule has 4 rings (SSSR count). The lowest BCUT2D eigenvalue weighted by Crippen LogP contribution is -2.22. The molecule has 30 heavy (non-hydrogen) atoms. The molecular formula is C25H23ClN2OS. The van der Waals surface area contributed by atoms with Crippen molar-refractivity contribution in [3.8, 4) is 5.69 Å². The molecule has 0 unspecified atom stereocenters. The van der Waals surface area contributed by atoms with Crippen LogP contribution < -0.4 is 5.56 Å². The molecule has 0 atom stereocenters. The summed E-state index contributed by atoms with van der Waals surface area (Å²) >= 11 is 7.97. The molecule has 0 aliphatic heterocycles. The lowest BCUT2D eigenvalue weighted by molar-refractivity contribution is 0.590. The van der Waals surface area contributed by atoms with Gasteiger partial charge in [-0.25, -0.2) is 4.98 Å². The van der Waals surface area contributed by atoms with E-state index in [0.717, 1.165) is 0 Å². The van der Waals surface area contributed by atoms with Crippen molar-refractivity contribution in [2.24, 2.45) is 0 Å². The van der Waals surface area contributed by atoms with E-state index in [2.05, 4.69) is 45.0 Å². The molecule has 1 aromatic heterocycles. The molecular weight excluding hydrogens is 412 g/mol. The molecule has 0 aliphatic rings. The van der Waals surface area contributed by atoms with Crippen LogP contribution in [0.3, 0.4) is 0 Å². The van der Waals surface area contributed by atoms with Crippen LogP contribution in [0.4, 0.5) is 0 Å². The van der Waals surface area contributed by atoms with Gasteiger partial charge in [0.25, 0.3) is 5.56 Å². The van der Waals surface area contributed by atoms with Gasteiger partial charge in [-0.15, -0.1) is 0 Å². The minimum atomic E-state index is -0.112. The highest BCUT2D eigenvalue weighted by atomic mass is 35.5. The Hall–Kier alpha value is -2.56. The number of fused-ring (bicyclic) bond motifs is 1. The van der Waals surface area contributed by atoms with Crippen molar-refractivity contribution in [2.45, 2.75) is 37.1 Å². The molecule has 0 saturated carbocycles. The maximum absolute atomic E-state index is 13.3. The molecule has 152 valence electrons. The van der Waals surface area contributed by atoms with E-state index in [1.54, 1.807) is 16.7 Å². The minimum absolute atomic E-state index is 0.112. The van der Waals surface area contributed by atoms with E-state index in [0.29, 0.717) is 32.5 Å². The van der Waals surface area contributed by atoms with Crippen molar-refractivity contribution < 1.29 is 0 Å². The first kappa shape index (κ1) is 20.7. The van der Waals surface area contributed by atoms with Gasteiger partial charge in [-0.2, -0.15) is 0 Å². The first-order chi connectivity index (χ1) is 14.3. The lowest BCUT2D eigenvalue weighted by Gasteiger charge is -2.19. The van der Waals surface area contributed by atoms with Gasteiger partial charge < -0.3 is 0 Å². The average Bonchev–Trinajstić information content (AvgIpc) is 2.73. The van der Waals surface area contributed by atoms with Crippen molar-refractivity contribution in [3.63, 3.8) is 0 Å². The predicted octanol–water partition coefficient (Wildman–Crippen LogP) is 6.63. The summed E-state index contributed by atoms with van der Waals surface area (Å²) < 4.78 is 1.62. The molecule has 5 heteroatoms. The third-order valence-corrected chi connectivity index (χ3v) is 6.36. The molecule has 0 amide bonds. The number of hydrogen-bond acceptors (Lipinski definition) is 3. The fourth-order valence-electron chi connectivity index (χ4n) is 3.30. The Morgan fingerprint density at radius 3 is 2.30 bits per heavy atom. The predicted molar refractivity (Wildman–Crippen MR) is 127 cm³/mol. The number of aromatic nitrogens is 2. The first-order valence-electron chi connectivity index (χ1n) is 9.83. The summed E-state index contributed by atoms with van der Waals surface area (Å²) in [5, 5.41) is 1.73. The van der Waals surface area contributed by atoms with Crippen LogP contribution in [0.2, 0.25) is 5.02 Å². The zero-order chi connectivity index (χ0) is 21.3. The van der Waals surface area contributed by atoms with Crippen molar-refractivity contribution >= 4 is 34.3 Å². The highest BCUT2D eigenvalue weighted by molar-refractivity contribution is 7.98. The summed E-state index contributed by atoms with van der Waals surface area (Å²) in [5.74, 6) is 0.708. The summed E-state index contributed by atoms with van der Waals surface area (Å²) in [6.45, 7) is 6.62. The molecule has 3 nitrogen and oxygen atoms in total. The Morgan fingerprint density at radius 2 is 1.60 bits per heavy atom. The molecule has 0 saturated heterocycles. The van der Waals surface area contributed by atoms with Gasteiger partial charge in [-0.3, -0.25) is 9.36 Å². The number of thioether (sulfide) groups is 1. The molecule has 0 fully saturated rings. The van der Waals surface area contributed by atoms with Gasteiger partial charge in [-0.05, 0) is 40.8 Å². The summed E-state index contributed by atoms with van der Waals surface area (Å²) in [7, 11) is 0. The smallest absolute Gasteiger partial charge is 0.266 e. The lowest BCUT2D eigenvalue weighted by atomic mass is 9.87. The van der Waals surface area contributed by atoms with Gasteiger partial charge in [0.2, 0.25) is 0 Å². The van der Waals surface area contributed by atoms with E-state index >= 15 is 0 Å². The molecule has 0 N–H and O–H groups in total. The average molecular weight is 435 g/mol. The number of hydrogen-bond donors (Lipinski definition) is 0. The second-order valence-electron chi connectivity index (χ2n) is 8.24. The maximum atomic E-state index is 13.3. The summed E-state index contributed by atoms with van der Waals surface area (Å²) in [5.41, 5.74) is 3.83. The van der Waals surface area contributed by atoms with E-state index in [1.807, 2.05) is 36.4 Å². The normalized spacial score (nSPS) is 11.7. The Morgan fingerprint density at radius 1 is 0.933 bits per heavy atom. The molecule has 0 aliphatic carbocycles. The fraction of sp³-hybridized carbons (Fsp3) is 0.200. The molecule has 0 radical (unpaired) electrons.